The number of carbonyl (C=O) groups is 1. The van der Waals surface area contributed by atoms with Crippen LogP contribution in [0.15, 0.2) is 60.8 Å². The van der Waals surface area contributed by atoms with Crippen LogP contribution in [0.5, 0.6) is 23.0 Å². The zero-order valence-corrected chi connectivity index (χ0v) is 20.6. The van der Waals surface area contributed by atoms with Crippen molar-refractivity contribution in [3.8, 4) is 34.3 Å². The number of fused-ring (bicyclic) bond motifs is 5. The zero-order chi connectivity index (χ0) is 24.8. The van der Waals surface area contributed by atoms with E-state index in [1.54, 1.807) is 38.5 Å². The van der Waals surface area contributed by atoms with E-state index < -0.39 is 0 Å². The van der Waals surface area contributed by atoms with Gasteiger partial charge in [0.2, 0.25) is 18.4 Å². The van der Waals surface area contributed by atoms with Crippen molar-refractivity contribution in [3.05, 3.63) is 71.4 Å². The van der Waals surface area contributed by atoms with Crippen LogP contribution in [0, 0.1) is 0 Å². The van der Waals surface area contributed by atoms with E-state index in [0.717, 1.165) is 27.6 Å². The molecular weight excluding hydrogens is 480 g/mol. The van der Waals surface area contributed by atoms with Gasteiger partial charge in [-0.15, -0.1) is 0 Å². The molecule has 2 aliphatic heterocycles. The number of rotatable bonds is 5. The Morgan fingerprint density at radius 2 is 1.83 bits per heavy atom. The summed E-state index contributed by atoms with van der Waals surface area (Å²) in [7, 11) is 3.27. The van der Waals surface area contributed by atoms with Gasteiger partial charge < -0.3 is 24.3 Å². The van der Waals surface area contributed by atoms with E-state index in [0.29, 0.717) is 46.7 Å². The lowest BCUT2D eigenvalue weighted by Gasteiger charge is -2.24. The van der Waals surface area contributed by atoms with E-state index in [1.807, 2.05) is 24.3 Å². The fourth-order valence-corrected chi connectivity index (χ4v) is 5.19. The molecule has 0 saturated carbocycles. The van der Waals surface area contributed by atoms with Crippen molar-refractivity contribution >= 4 is 34.0 Å². The van der Waals surface area contributed by atoms with Crippen LogP contribution < -0.4 is 28.8 Å². The largest absolute Gasteiger partial charge is 0.493 e. The number of amides is 1. The molecule has 0 spiro atoms. The molecule has 0 bridgehead atoms. The summed E-state index contributed by atoms with van der Waals surface area (Å²) < 4.78 is 24.7. The molecule has 2 aliphatic rings. The Kier molecular flexibility index (Phi) is 5.57. The minimum absolute atomic E-state index is 0.0740. The van der Waals surface area contributed by atoms with Gasteiger partial charge in [-0.05, 0) is 59.5 Å². The number of ether oxygens (including phenoxy) is 4. The summed E-state index contributed by atoms with van der Waals surface area (Å²) in [6.07, 6.45) is 2.37. The normalized spacial score (nSPS) is 15.2. The summed E-state index contributed by atoms with van der Waals surface area (Å²) in [5, 5.41) is 5.58. The number of hydrogen-bond acceptors (Lipinski definition) is 5. The maximum atomic E-state index is 13.1. The molecule has 0 fully saturated rings. The van der Waals surface area contributed by atoms with Gasteiger partial charge in [0.1, 0.15) is 0 Å². The zero-order valence-electron chi connectivity index (χ0n) is 19.8. The molecule has 3 aromatic carbocycles. The van der Waals surface area contributed by atoms with Crippen LogP contribution in [0.3, 0.4) is 0 Å². The molecule has 1 atom stereocenters. The highest BCUT2D eigenvalue weighted by molar-refractivity contribution is 6.30. The van der Waals surface area contributed by atoms with Gasteiger partial charge in [0.15, 0.2) is 35.7 Å². The summed E-state index contributed by atoms with van der Waals surface area (Å²) in [5.74, 6) is 2.61. The third-order valence-corrected chi connectivity index (χ3v) is 6.99. The number of carbonyl (C=O) groups excluding carboxylic acids is 1. The molecule has 6 rings (SSSR count). The summed E-state index contributed by atoms with van der Waals surface area (Å²) >= 11 is 5.98. The van der Waals surface area contributed by atoms with Crippen LogP contribution in [0.2, 0.25) is 5.02 Å². The highest BCUT2D eigenvalue weighted by atomic mass is 35.5. The molecule has 36 heavy (non-hydrogen) atoms. The Labute approximate surface area is 213 Å². The van der Waals surface area contributed by atoms with Crippen molar-refractivity contribution < 1.29 is 28.3 Å². The van der Waals surface area contributed by atoms with Crippen molar-refractivity contribution in [2.24, 2.45) is 0 Å². The van der Waals surface area contributed by atoms with Crippen molar-refractivity contribution in [2.75, 3.05) is 26.3 Å². The molecular formula is C28H24ClN2O5+. The van der Waals surface area contributed by atoms with Crippen molar-refractivity contribution in [1.82, 2.24) is 0 Å². The lowest BCUT2D eigenvalue weighted by atomic mass is 9.85. The van der Waals surface area contributed by atoms with Gasteiger partial charge in [-0.25, -0.2) is 0 Å². The van der Waals surface area contributed by atoms with Crippen molar-refractivity contribution in [1.29, 1.82) is 0 Å². The van der Waals surface area contributed by atoms with Crippen LogP contribution in [0.25, 0.3) is 22.0 Å². The van der Waals surface area contributed by atoms with E-state index in [1.165, 1.54) is 0 Å². The number of methoxy groups -OCH3 is 2. The highest BCUT2D eigenvalue weighted by Crippen LogP contribution is 2.45. The minimum atomic E-state index is -0.0756. The van der Waals surface area contributed by atoms with Gasteiger partial charge in [-0.2, -0.15) is 4.57 Å². The first-order valence-corrected chi connectivity index (χ1v) is 12.0. The van der Waals surface area contributed by atoms with Crippen LogP contribution in [0.4, 0.5) is 5.69 Å². The smallest absolute Gasteiger partial charge is 0.231 e. The van der Waals surface area contributed by atoms with Gasteiger partial charge >= 0.3 is 0 Å². The van der Waals surface area contributed by atoms with E-state index in [2.05, 4.69) is 22.1 Å². The second kappa shape index (κ2) is 8.91. The number of nitrogens with zero attached hydrogens (tertiary/aromatic N) is 1. The Morgan fingerprint density at radius 3 is 2.58 bits per heavy atom. The number of hydrogen-bond donors (Lipinski definition) is 1. The summed E-state index contributed by atoms with van der Waals surface area (Å²) in [4.78, 5) is 13.1. The first kappa shape index (κ1) is 22.5. The van der Waals surface area contributed by atoms with Crippen LogP contribution in [0.1, 0.15) is 17.9 Å². The van der Waals surface area contributed by atoms with Gasteiger partial charge in [-0.3, -0.25) is 4.79 Å². The molecule has 0 saturated heterocycles. The van der Waals surface area contributed by atoms with Gasteiger partial charge in [0, 0.05) is 23.2 Å². The Morgan fingerprint density at radius 1 is 1.06 bits per heavy atom. The molecule has 0 radical (unpaired) electrons. The summed E-state index contributed by atoms with van der Waals surface area (Å²) in [6.45, 7) is 0.807. The fourth-order valence-electron chi connectivity index (χ4n) is 5.06. The molecule has 4 aromatic rings. The number of aromatic nitrogens is 1. The predicted molar refractivity (Wildman–Crippen MR) is 136 cm³/mol. The number of anilines is 1. The molecule has 0 aliphatic carbocycles. The van der Waals surface area contributed by atoms with Gasteiger partial charge in [-0.1, -0.05) is 11.6 Å². The standard InChI is InChI=1S/C28H23ClN2O5/c1-33-24-8-3-16-9-23-21-12-26-25(35-15-36-26)11-20(21)17(13-31(23)14-22(16)28(24)34-2)10-27(32)30-19-6-4-18(29)5-7-19/h3-9,11-12,14,17H,10,13,15H2,1-2H3/p+1. The Bertz CT molecular complexity index is 1500. The molecule has 1 unspecified atom stereocenters. The van der Waals surface area contributed by atoms with Gasteiger partial charge in [0.05, 0.1) is 31.1 Å². The topological polar surface area (TPSA) is 69.9 Å². The van der Waals surface area contributed by atoms with E-state index >= 15 is 0 Å². The fraction of sp³-hybridized carbons (Fsp3) is 0.214. The second-order valence-electron chi connectivity index (χ2n) is 8.86. The summed E-state index contributed by atoms with van der Waals surface area (Å²) in [5.41, 5.74) is 3.83. The number of pyridine rings is 1. The quantitative estimate of drug-likeness (QED) is 0.373. The third kappa shape index (κ3) is 3.85. The molecule has 7 nitrogen and oxygen atoms in total. The number of benzene rings is 3. The van der Waals surface area contributed by atoms with Gasteiger partial charge in [0.25, 0.3) is 0 Å². The highest BCUT2D eigenvalue weighted by Gasteiger charge is 2.35. The molecule has 1 N–H and O–H groups in total. The van der Waals surface area contributed by atoms with Crippen LogP contribution in [-0.2, 0) is 11.3 Å². The maximum absolute atomic E-state index is 13.1. The van der Waals surface area contributed by atoms with Crippen molar-refractivity contribution in [2.45, 2.75) is 18.9 Å². The molecule has 3 heterocycles. The van der Waals surface area contributed by atoms with E-state index in [9.17, 15) is 4.79 Å². The van der Waals surface area contributed by atoms with E-state index in [4.69, 9.17) is 30.5 Å². The molecule has 8 heteroatoms. The van der Waals surface area contributed by atoms with Crippen LogP contribution >= 0.6 is 11.6 Å². The second-order valence-corrected chi connectivity index (χ2v) is 9.30. The Hall–Kier alpha value is -3.97. The number of halogens is 1. The maximum Gasteiger partial charge on any atom is 0.231 e. The first-order valence-electron chi connectivity index (χ1n) is 11.6. The van der Waals surface area contributed by atoms with E-state index in [-0.39, 0.29) is 18.6 Å². The monoisotopic (exact) mass is 503 g/mol. The molecule has 1 amide bonds. The SMILES string of the molecule is COc1ccc2cc3[n+](cc2c1OC)CC(CC(=O)Nc1ccc(Cl)cc1)c1cc2c(cc1-3)OCO2. The molecule has 182 valence electrons. The number of nitrogens with one attached hydrogen (secondary N) is 1. The lowest BCUT2D eigenvalue weighted by molar-refractivity contribution is -0.689. The Balaban J connectivity index is 1.42. The lowest BCUT2D eigenvalue weighted by Crippen LogP contribution is -2.43. The third-order valence-electron chi connectivity index (χ3n) is 6.74. The average molecular weight is 504 g/mol. The van der Waals surface area contributed by atoms with Crippen molar-refractivity contribution in [3.63, 3.8) is 0 Å². The first-order chi connectivity index (χ1) is 17.5. The average Bonchev–Trinajstić information content (AvgIpc) is 3.35. The van der Waals surface area contributed by atoms with Crippen LogP contribution in [-0.4, -0.2) is 26.9 Å². The minimum Gasteiger partial charge on any atom is -0.493 e. The predicted octanol–water partition coefficient (Wildman–Crippen LogP) is 5.32. The molecule has 1 aromatic heterocycles. The summed E-state index contributed by atoms with van der Waals surface area (Å²) in [6, 6.07) is 17.2.